The van der Waals surface area contributed by atoms with E-state index < -0.39 is 0 Å². The van der Waals surface area contributed by atoms with Crippen molar-refractivity contribution in [3.63, 3.8) is 0 Å². The number of ether oxygens (including phenoxy) is 1. The molecule has 104 valence electrons. The molecule has 0 saturated heterocycles. The number of hydrogen-bond donors (Lipinski definition) is 0. The molecule has 1 aliphatic rings. The maximum absolute atomic E-state index is 12.0. The molecule has 2 heteroatoms. The molecule has 19 heavy (non-hydrogen) atoms. The van der Waals surface area contributed by atoms with E-state index in [-0.39, 0.29) is 18.0 Å². The SMILES string of the molecule is CCCCCC(C)OC(=O)C1CC1c1ccccc1. The number of rotatable bonds is 7. The molecule has 0 aromatic heterocycles. The van der Waals surface area contributed by atoms with Gasteiger partial charge in [-0.1, -0.05) is 50.1 Å². The Morgan fingerprint density at radius 1 is 1.32 bits per heavy atom. The van der Waals surface area contributed by atoms with Crippen LogP contribution in [0.1, 0.15) is 57.4 Å². The lowest BCUT2D eigenvalue weighted by Crippen LogP contribution is -2.16. The fraction of sp³-hybridized carbons (Fsp3) is 0.588. The van der Waals surface area contributed by atoms with Gasteiger partial charge in [-0.25, -0.2) is 0 Å². The second kappa shape index (κ2) is 6.74. The zero-order chi connectivity index (χ0) is 13.7. The van der Waals surface area contributed by atoms with Crippen LogP contribution in [0.25, 0.3) is 0 Å². The van der Waals surface area contributed by atoms with Crippen molar-refractivity contribution in [2.75, 3.05) is 0 Å². The van der Waals surface area contributed by atoms with Crippen LogP contribution in [0.15, 0.2) is 30.3 Å². The molecule has 1 aromatic carbocycles. The van der Waals surface area contributed by atoms with Crippen molar-refractivity contribution in [3.05, 3.63) is 35.9 Å². The van der Waals surface area contributed by atoms with Crippen molar-refractivity contribution < 1.29 is 9.53 Å². The minimum absolute atomic E-state index is 0.00199. The molecule has 2 nitrogen and oxygen atoms in total. The molecule has 0 heterocycles. The fourth-order valence-corrected chi connectivity index (χ4v) is 2.55. The van der Waals surface area contributed by atoms with Crippen molar-refractivity contribution in [1.82, 2.24) is 0 Å². The summed E-state index contributed by atoms with van der Waals surface area (Å²) in [7, 11) is 0. The second-order valence-electron chi connectivity index (χ2n) is 5.60. The van der Waals surface area contributed by atoms with E-state index in [9.17, 15) is 4.79 Å². The molecular formula is C17H24O2. The van der Waals surface area contributed by atoms with Crippen LogP contribution < -0.4 is 0 Å². The maximum atomic E-state index is 12.0. The van der Waals surface area contributed by atoms with Gasteiger partial charge in [-0.3, -0.25) is 4.79 Å². The summed E-state index contributed by atoms with van der Waals surface area (Å²) in [5.41, 5.74) is 1.27. The Hall–Kier alpha value is -1.31. The van der Waals surface area contributed by atoms with Crippen LogP contribution in [0.5, 0.6) is 0 Å². The van der Waals surface area contributed by atoms with E-state index in [1.165, 1.54) is 18.4 Å². The molecule has 1 saturated carbocycles. The summed E-state index contributed by atoms with van der Waals surface area (Å²) in [5.74, 6) is 0.477. The Labute approximate surface area is 116 Å². The number of carbonyl (C=O) groups is 1. The van der Waals surface area contributed by atoms with Gasteiger partial charge in [0.1, 0.15) is 0 Å². The van der Waals surface area contributed by atoms with E-state index in [0.29, 0.717) is 5.92 Å². The van der Waals surface area contributed by atoms with Crippen LogP contribution in [0.2, 0.25) is 0 Å². The Balaban J connectivity index is 1.74. The highest BCUT2D eigenvalue weighted by molar-refractivity contribution is 5.77. The van der Waals surface area contributed by atoms with E-state index in [2.05, 4.69) is 19.1 Å². The molecule has 1 aromatic rings. The van der Waals surface area contributed by atoms with E-state index in [1.807, 2.05) is 25.1 Å². The zero-order valence-electron chi connectivity index (χ0n) is 12.0. The van der Waals surface area contributed by atoms with Crippen molar-refractivity contribution >= 4 is 5.97 Å². The quantitative estimate of drug-likeness (QED) is 0.539. The molecule has 0 radical (unpaired) electrons. The monoisotopic (exact) mass is 260 g/mol. The third-order valence-electron chi connectivity index (χ3n) is 3.85. The topological polar surface area (TPSA) is 26.3 Å². The van der Waals surface area contributed by atoms with Crippen LogP contribution in [0.4, 0.5) is 0 Å². The summed E-state index contributed by atoms with van der Waals surface area (Å²) in [4.78, 5) is 12.0. The van der Waals surface area contributed by atoms with Crippen molar-refractivity contribution in [1.29, 1.82) is 0 Å². The largest absolute Gasteiger partial charge is 0.462 e. The van der Waals surface area contributed by atoms with Gasteiger partial charge in [0.05, 0.1) is 12.0 Å². The molecule has 1 aliphatic carbocycles. The average molecular weight is 260 g/mol. The molecule has 0 spiro atoms. The number of carbonyl (C=O) groups excluding carboxylic acids is 1. The summed E-state index contributed by atoms with van der Waals surface area (Å²) in [6.45, 7) is 4.19. The number of hydrogen-bond acceptors (Lipinski definition) is 2. The Kier molecular flexibility index (Phi) is 5.00. The normalized spacial score (nSPS) is 22.8. The van der Waals surface area contributed by atoms with Gasteiger partial charge >= 0.3 is 5.97 Å². The molecule has 3 unspecified atom stereocenters. The molecule has 0 bridgehead atoms. The fourth-order valence-electron chi connectivity index (χ4n) is 2.55. The van der Waals surface area contributed by atoms with Crippen LogP contribution in [-0.2, 0) is 9.53 Å². The first-order valence-electron chi connectivity index (χ1n) is 7.47. The Bertz CT molecular complexity index is 399. The Morgan fingerprint density at radius 3 is 2.74 bits per heavy atom. The lowest BCUT2D eigenvalue weighted by atomic mass is 10.1. The van der Waals surface area contributed by atoms with Crippen molar-refractivity contribution in [3.8, 4) is 0 Å². The molecule has 3 atom stereocenters. The highest BCUT2D eigenvalue weighted by atomic mass is 16.5. The first-order chi connectivity index (χ1) is 9.22. The smallest absolute Gasteiger partial charge is 0.309 e. The third kappa shape index (κ3) is 4.09. The standard InChI is InChI=1S/C17H24O2/c1-3-4-6-9-13(2)19-17(18)16-12-15(16)14-10-7-5-8-11-14/h5,7-8,10-11,13,15-16H,3-4,6,9,12H2,1-2H3. The molecule has 0 amide bonds. The van der Waals surface area contributed by atoms with Gasteiger partial charge < -0.3 is 4.74 Å². The number of esters is 1. The van der Waals surface area contributed by atoms with Gasteiger partial charge in [-0.2, -0.15) is 0 Å². The number of benzene rings is 1. The third-order valence-corrected chi connectivity index (χ3v) is 3.85. The summed E-state index contributed by atoms with van der Waals surface area (Å²) in [6, 6.07) is 10.3. The summed E-state index contributed by atoms with van der Waals surface area (Å²) in [6.07, 6.45) is 5.58. The van der Waals surface area contributed by atoms with Crippen LogP contribution in [-0.4, -0.2) is 12.1 Å². The summed E-state index contributed by atoms with van der Waals surface area (Å²) in [5, 5.41) is 0. The van der Waals surface area contributed by atoms with Gasteiger partial charge in [0, 0.05) is 0 Å². The van der Waals surface area contributed by atoms with Crippen LogP contribution >= 0.6 is 0 Å². The first-order valence-corrected chi connectivity index (χ1v) is 7.47. The van der Waals surface area contributed by atoms with E-state index >= 15 is 0 Å². The van der Waals surface area contributed by atoms with Crippen LogP contribution in [0.3, 0.4) is 0 Å². The zero-order valence-corrected chi connectivity index (χ0v) is 12.0. The molecule has 0 N–H and O–H groups in total. The minimum atomic E-state index is -0.00199. The minimum Gasteiger partial charge on any atom is -0.462 e. The van der Waals surface area contributed by atoms with Gasteiger partial charge in [-0.05, 0) is 37.7 Å². The van der Waals surface area contributed by atoms with Crippen LogP contribution in [0, 0.1) is 5.92 Å². The van der Waals surface area contributed by atoms with E-state index in [1.54, 1.807) is 0 Å². The van der Waals surface area contributed by atoms with E-state index in [0.717, 1.165) is 19.3 Å². The second-order valence-corrected chi connectivity index (χ2v) is 5.60. The average Bonchev–Trinajstić information content (AvgIpc) is 3.20. The molecule has 0 aliphatic heterocycles. The molecule has 1 fully saturated rings. The van der Waals surface area contributed by atoms with Gasteiger partial charge in [0.15, 0.2) is 0 Å². The van der Waals surface area contributed by atoms with Gasteiger partial charge in [-0.15, -0.1) is 0 Å². The van der Waals surface area contributed by atoms with Gasteiger partial charge in [0.2, 0.25) is 0 Å². The van der Waals surface area contributed by atoms with Crippen molar-refractivity contribution in [2.45, 2.75) is 58.0 Å². The highest BCUT2D eigenvalue weighted by Gasteiger charge is 2.45. The van der Waals surface area contributed by atoms with Gasteiger partial charge in [0.25, 0.3) is 0 Å². The highest BCUT2D eigenvalue weighted by Crippen LogP contribution is 2.48. The van der Waals surface area contributed by atoms with E-state index in [4.69, 9.17) is 4.74 Å². The maximum Gasteiger partial charge on any atom is 0.309 e. The lowest BCUT2D eigenvalue weighted by Gasteiger charge is -2.12. The Morgan fingerprint density at radius 2 is 2.05 bits per heavy atom. The predicted octanol–water partition coefficient (Wildman–Crippen LogP) is 4.30. The molecule has 2 rings (SSSR count). The summed E-state index contributed by atoms with van der Waals surface area (Å²) < 4.78 is 5.53. The first kappa shape index (κ1) is 14.1. The van der Waals surface area contributed by atoms with Crippen molar-refractivity contribution in [2.24, 2.45) is 5.92 Å². The number of unbranched alkanes of at least 4 members (excludes halogenated alkanes) is 2. The summed E-state index contributed by atoms with van der Waals surface area (Å²) >= 11 is 0. The predicted molar refractivity (Wildman–Crippen MR) is 77.0 cm³/mol. The molecular weight excluding hydrogens is 236 g/mol. The lowest BCUT2D eigenvalue weighted by molar-refractivity contribution is -0.150.